The molecule has 1 fully saturated rings. The maximum atomic E-state index is 10.9. The summed E-state index contributed by atoms with van der Waals surface area (Å²) in [4.78, 5) is 12.9. The molecule has 1 saturated heterocycles. The Morgan fingerprint density at radius 3 is 2.74 bits per heavy atom. The average Bonchev–Trinajstić information content (AvgIpc) is 2.68. The molecule has 6 heteroatoms. The van der Waals surface area contributed by atoms with Crippen LogP contribution in [0, 0.1) is 21.4 Å². The molecule has 1 atom stereocenters. The SMILES string of the molecule is CC1CCCCN1Cc1ccccc1CNc1ccc([N+](=O)[O-])cc1C#N. The van der Waals surface area contributed by atoms with Gasteiger partial charge in [0.25, 0.3) is 5.69 Å². The van der Waals surface area contributed by atoms with Crippen molar-refractivity contribution in [3.63, 3.8) is 0 Å². The van der Waals surface area contributed by atoms with Crippen molar-refractivity contribution in [2.24, 2.45) is 0 Å². The molecule has 140 valence electrons. The van der Waals surface area contributed by atoms with Crippen molar-refractivity contribution in [1.82, 2.24) is 4.90 Å². The zero-order valence-corrected chi connectivity index (χ0v) is 15.5. The van der Waals surface area contributed by atoms with Crippen LogP contribution < -0.4 is 5.32 Å². The molecular weight excluding hydrogens is 340 g/mol. The number of nitro groups is 1. The molecule has 0 bridgehead atoms. The smallest absolute Gasteiger partial charge is 0.270 e. The summed E-state index contributed by atoms with van der Waals surface area (Å²) >= 11 is 0. The Hall–Kier alpha value is -2.91. The molecule has 0 spiro atoms. The topological polar surface area (TPSA) is 82.2 Å². The molecule has 2 aromatic rings. The molecule has 3 rings (SSSR count). The first kappa shape index (κ1) is 18.9. The highest BCUT2D eigenvalue weighted by Gasteiger charge is 2.19. The van der Waals surface area contributed by atoms with Crippen molar-refractivity contribution < 1.29 is 4.92 Å². The minimum atomic E-state index is -0.486. The van der Waals surface area contributed by atoms with Gasteiger partial charge in [-0.3, -0.25) is 15.0 Å². The normalized spacial score (nSPS) is 17.3. The second-order valence-electron chi connectivity index (χ2n) is 7.04. The fourth-order valence-corrected chi connectivity index (χ4v) is 3.58. The molecule has 0 aliphatic carbocycles. The largest absolute Gasteiger partial charge is 0.380 e. The first-order chi connectivity index (χ1) is 13.1. The molecular formula is C21H24N4O2. The molecule has 6 nitrogen and oxygen atoms in total. The van der Waals surface area contributed by atoms with Crippen LogP contribution in [0.5, 0.6) is 0 Å². The number of nitro benzene ring substituents is 1. The van der Waals surface area contributed by atoms with Gasteiger partial charge in [-0.1, -0.05) is 30.7 Å². The summed E-state index contributed by atoms with van der Waals surface area (Å²) < 4.78 is 0. The minimum absolute atomic E-state index is 0.0726. The molecule has 0 aromatic heterocycles. The van der Waals surface area contributed by atoms with Gasteiger partial charge >= 0.3 is 0 Å². The molecule has 0 amide bonds. The highest BCUT2D eigenvalue weighted by Crippen LogP contribution is 2.24. The Morgan fingerprint density at radius 2 is 2.04 bits per heavy atom. The Balaban J connectivity index is 1.73. The summed E-state index contributed by atoms with van der Waals surface area (Å²) in [5.41, 5.74) is 3.28. The Bertz CT molecular complexity index is 860. The lowest BCUT2D eigenvalue weighted by molar-refractivity contribution is -0.384. The number of hydrogen-bond donors (Lipinski definition) is 1. The van der Waals surface area contributed by atoms with Gasteiger partial charge in [0.15, 0.2) is 0 Å². The molecule has 0 radical (unpaired) electrons. The fraction of sp³-hybridized carbons (Fsp3) is 0.381. The van der Waals surface area contributed by atoms with E-state index in [4.69, 9.17) is 0 Å². The van der Waals surface area contributed by atoms with Crippen LogP contribution in [0.4, 0.5) is 11.4 Å². The molecule has 2 aromatic carbocycles. The van der Waals surface area contributed by atoms with Gasteiger partial charge in [-0.2, -0.15) is 5.26 Å². The van der Waals surface area contributed by atoms with Gasteiger partial charge in [0, 0.05) is 31.3 Å². The number of rotatable bonds is 6. The number of anilines is 1. The Morgan fingerprint density at radius 1 is 1.26 bits per heavy atom. The van der Waals surface area contributed by atoms with Crippen LogP contribution in [0.15, 0.2) is 42.5 Å². The van der Waals surface area contributed by atoms with Crippen LogP contribution in [0.2, 0.25) is 0 Å². The first-order valence-electron chi connectivity index (χ1n) is 9.31. The third-order valence-electron chi connectivity index (χ3n) is 5.24. The van der Waals surface area contributed by atoms with Gasteiger partial charge in [0.05, 0.1) is 16.2 Å². The molecule has 0 saturated carbocycles. The van der Waals surface area contributed by atoms with Crippen molar-refractivity contribution in [2.75, 3.05) is 11.9 Å². The van der Waals surface area contributed by atoms with Crippen molar-refractivity contribution in [2.45, 2.75) is 45.3 Å². The molecule has 1 N–H and O–H groups in total. The zero-order chi connectivity index (χ0) is 19.2. The number of piperidine rings is 1. The lowest BCUT2D eigenvalue weighted by Gasteiger charge is -2.33. The summed E-state index contributed by atoms with van der Waals surface area (Å²) in [6.45, 7) is 4.91. The molecule has 1 unspecified atom stereocenters. The van der Waals surface area contributed by atoms with Crippen LogP contribution in [-0.2, 0) is 13.1 Å². The van der Waals surface area contributed by atoms with E-state index in [0.29, 0.717) is 18.3 Å². The molecule has 1 heterocycles. The van der Waals surface area contributed by atoms with Crippen LogP contribution in [0.25, 0.3) is 0 Å². The lowest BCUT2D eigenvalue weighted by atomic mass is 10.0. The van der Waals surface area contributed by atoms with E-state index in [-0.39, 0.29) is 11.3 Å². The van der Waals surface area contributed by atoms with Crippen LogP contribution in [0.3, 0.4) is 0 Å². The monoisotopic (exact) mass is 364 g/mol. The van der Waals surface area contributed by atoms with E-state index in [9.17, 15) is 15.4 Å². The van der Waals surface area contributed by atoms with Gasteiger partial charge in [-0.05, 0) is 43.5 Å². The van der Waals surface area contributed by atoms with Crippen molar-refractivity contribution in [3.05, 3.63) is 69.3 Å². The van der Waals surface area contributed by atoms with Crippen molar-refractivity contribution in [3.8, 4) is 6.07 Å². The van der Waals surface area contributed by atoms with Crippen molar-refractivity contribution in [1.29, 1.82) is 5.26 Å². The standard InChI is InChI=1S/C21H24N4O2/c1-16-6-4-5-11-24(16)15-18-8-3-2-7-17(18)14-23-21-10-9-20(25(26)27)12-19(21)13-22/h2-3,7-10,12,16,23H,4-6,11,14-15H2,1H3. The summed E-state index contributed by atoms with van der Waals surface area (Å²) in [5.74, 6) is 0. The second kappa shape index (κ2) is 8.65. The lowest BCUT2D eigenvalue weighted by Crippen LogP contribution is -2.37. The van der Waals surface area contributed by atoms with E-state index in [2.05, 4.69) is 35.3 Å². The van der Waals surface area contributed by atoms with Gasteiger partial charge in [0.1, 0.15) is 6.07 Å². The molecule has 1 aliphatic rings. The van der Waals surface area contributed by atoms with Gasteiger partial charge in [-0.25, -0.2) is 0 Å². The maximum Gasteiger partial charge on any atom is 0.270 e. The van der Waals surface area contributed by atoms with Crippen LogP contribution >= 0.6 is 0 Å². The zero-order valence-electron chi connectivity index (χ0n) is 15.5. The van der Waals surface area contributed by atoms with E-state index in [1.165, 1.54) is 42.5 Å². The van der Waals surface area contributed by atoms with Crippen LogP contribution in [-0.4, -0.2) is 22.4 Å². The van der Waals surface area contributed by atoms with E-state index in [1.54, 1.807) is 6.07 Å². The van der Waals surface area contributed by atoms with E-state index in [1.807, 2.05) is 12.1 Å². The van der Waals surface area contributed by atoms with Gasteiger partial charge < -0.3 is 5.32 Å². The van der Waals surface area contributed by atoms with E-state index < -0.39 is 4.92 Å². The van der Waals surface area contributed by atoms with Crippen molar-refractivity contribution >= 4 is 11.4 Å². The number of likely N-dealkylation sites (tertiary alicyclic amines) is 1. The Labute approximate surface area is 159 Å². The summed E-state index contributed by atoms with van der Waals surface area (Å²) in [6.07, 6.45) is 3.80. The third-order valence-corrected chi connectivity index (χ3v) is 5.24. The summed E-state index contributed by atoms with van der Waals surface area (Å²) in [6, 6.07) is 15.3. The number of non-ortho nitro benzene ring substituents is 1. The van der Waals surface area contributed by atoms with E-state index >= 15 is 0 Å². The van der Waals surface area contributed by atoms with Crippen LogP contribution in [0.1, 0.15) is 42.9 Å². The van der Waals surface area contributed by atoms with Gasteiger partial charge in [-0.15, -0.1) is 0 Å². The Kier molecular flexibility index (Phi) is 6.05. The third kappa shape index (κ3) is 4.63. The predicted octanol–water partition coefficient (Wildman–Crippen LogP) is 4.45. The van der Waals surface area contributed by atoms with Gasteiger partial charge in [0.2, 0.25) is 0 Å². The average molecular weight is 364 g/mol. The molecule has 27 heavy (non-hydrogen) atoms. The highest BCUT2D eigenvalue weighted by molar-refractivity contribution is 5.61. The fourth-order valence-electron chi connectivity index (χ4n) is 3.58. The second-order valence-corrected chi connectivity index (χ2v) is 7.04. The predicted molar refractivity (Wildman–Crippen MR) is 105 cm³/mol. The first-order valence-corrected chi connectivity index (χ1v) is 9.31. The maximum absolute atomic E-state index is 10.9. The molecule has 1 aliphatic heterocycles. The number of nitrogens with zero attached hydrogens (tertiary/aromatic N) is 3. The highest BCUT2D eigenvalue weighted by atomic mass is 16.6. The minimum Gasteiger partial charge on any atom is -0.380 e. The number of nitrogens with one attached hydrogen (secondary N) is 1. The number of nitriles is 1. The number of benzene rings is 2. The number of hydrogen-bond acceptors (Lipinski definition) is 5. The summed E-state index contributed by atoms with van der Waals surface area (Å²) in [7, 11) is 0. The quantitative estimate of drug-likeness (QED) is 0.605. The van der Waals surface area contributed by atoms with E-state index in [0.717, 1.165) is 13.1 Å². The summed E-state index contributed by atoms with van der Waals surface area (Å²) in [5, 5.41) is 23.5.